The Labute approximate surface area is 129 Å². The molecule has 0 saturated heterocycles. The minimum atomic E-state index is -3.76. The quantitative estimate of drug-likeness (QED) is 0.917. The highest BCUT2D eigenvalue weighted by molar-refractivity contribution is 7.90. The van der Waals surface area contributed by atoms with Crippen molar-refractivity contribution >= 4 is 15.8 Å². The summed E-state index contributed by atoms with van der Waals surface area (Å²) in [6.07, 6.45) is 4.06. The second-order valence-corrected chi connectivity index (χ2v) is 7.66. The second-order valence-electron chi connectivity index (χ2n) is 5.68. The molecule has 1 aromatic rings. The maximum absolute atomic E-state index is 14.5. The highest BCUT2D eigenvalue weighted by Crippen LogP contribution is 2.45. The highest BCUT2D eigenvalue weighted by Gasteiger charge is 2.44. The third kappa shape index (κ3) is 2.69. The molecule has 22 heavy (non-hydrogen) atoms. The van der Waals surface area contributed by atoms with Crippen molar-refractivity contribution in [3.63, 3.8) is 0 Å². The molecule has 0 radical (unpaired) electrons. The van der Waals surface area contributed by atoms with Crippen LogP contribution in [0.4, 0.5) is 4.39 Å². The van der Waals surface area contributed by atoms with E-state index in [2.05, 4.69) is 0 Å². The number of hydrogen-bond acceptors (Lipinski definition) is 4. The predicted molar refractivity (Wildman–Crippen MR) is 78.5 cm³/mol. The number of halogens is 1. The van der Waals surface area contributed by atoms with Gasteiger partial charge in [-0.1, -0.05) is 25.3 Å². The molecule has 0 bridgehead atoms. The summed E-state index contributed by atoms with van der Waals surface area (Å²) in [5.41, 5.74) is -1.01. The largest absolute Gasteiger partial charge is 0.493 e. The molecule has 7 heteroatoms. The Bertz CT molecular complexity index is 690. The second kappa shape index (κ2) is 5.87. The SMILES string of the molecule is COc1c(C2(C(=O)O)CCCCC2)ccc(S(C)(=O)=O)c1F. The summed E-state index contributed by atoms with van der Waals surface area (Å²) in [5, 5.41) is 9.69. The zero-order chi connectivity index (χ0) is 16.5. The van der Waals surface area contributed by atoms with Crippen molar-refractivity contribution in [1.29, 1.82) is 0 Å². The van der Waals surface area contributed by atoms with Crippen LogP contribution in [0.2, 0.25) is 0 Å². The number of rotatable bonds is 4. The van der Waals surface area contributed by atoms with Gasteiger partial charge in [-0.3, -0.25) is 4.79 Å². The maximum atomic E-state index is 14.5. The number of ether oxygens (including phenoxy) is 1. The van der Waals surface area contributed by atoms with Gasteiger partial charge in [-0.15, -0.1) is 0 Å². The van der Waals surface area contributed by atoms with E-state index in [4.69, 9.17) is 4.74 Å². The minimum absolute atomic E-state index is 0.215. The van der Waals surface area contributed by atoms with Crippen LogP contribution >= 0.6 is 0 Å². The standard InChI is InChI=1S/C15H19FO5S/c1-21-13-10(6-7-11(12(13)16)22(2,19)20)15(14(17)18)8-4-3-5-9-15/h6-7H,3-5,8-9H2,1-2H3,(H,17,18). The van der Waals surface area contributed by atoms with Crippen LogP contribution < -0.4 is 4.74 Å². The molecule has 122 valence electrons. The van der Waals surface area contributed by atoms with E-state index in [1.165, 1.54) is 13.2 Å². The van der Waals surface area contributed by atoms with Crippen molar-refractivity contribution in [2.45, 2.75) is 42.4 Å². The fourth-order valence-electron chi connectivity index (χ4n) is 3.15. The predicted octanol–water partition coefficient (Wildman–Crippen LogP) is 2.52. The molecule has 0 amide bonds. The number of methoxy groups -OCH3 is 1. The van der Waals surface area contributed by atoms with Gasteiger partial charge in [0.1, 0.15) is 4.90 Å². The molecule has 1 aromatic carbocycles. The Morgan fingerprint density at radius 2 is 1.86 bits per heavy atom. The van der Waals surface area contributed by atoms with Gasteiger partial charge >= 0.3 is 5.97 Å². The van der Waals surface area contributed by atoms with E-state index < -0.39 is 31.9 Å². The van der Waals surface area contributed by atoms with Crippen LogP contribution in [0.25, 0.3) is 0 Å². The number of sulfone groups is 1. The summed E-state index contributed by atoms with van der Waals surface area (Å²) in [7, 11) is -2.54. The molecule has 0 atom stereocenters. The average molecular weight is 330 g/mol. The Morgan fingerprint density at radius 1 is 1.27 bits per heavy atom. The Morgan fingerprint density at radius 3 is 2.32 bits per heavy atom. The van der Waals surface area contributed by atoms with E-state index in [1.54, 1.807) is 0 Å². The van der Waals surface area contributed by atoms with Gasteiger partial charge in [0.15, 0.2) is 21.4 Å². The van der Waals surface area contributed by atoms with Crippen LogP contribution in [0.1, 0.15) is 37.7 Å². The molecule has 5 nitrogen and oxygen atoms in total. The number of aliphatic carboxylic acids is 1. The van der Waals surface area contributed by atoms with Crippen molar-refractivity contribution in [1.82, 2.24) is 0 Å². The monoisotopic (exact) mass is 330 g/mol. The number of carboxylic acids is 1. The molecule has 0 unspecified atom stereocenters. The first kappa shape index (κ1) is 16.7. The lowest BCUT2D eigenvalue weighted by Crippen LogP contribution is -2.38. The summed E-state index contributed by atoms with van der Waals surface area (Å²) < 4.78 is 42.8. The molecule has 1 aliphatic carbocycles. The molecule has 1 saturated carbocycles. The lowest BCUT2D eigenvalue weighted by Gasteiger charge is -2.34. The number of carboxylic acid groups (broad SMARTS) is 1. The van der Waals surface area contributed by atoms with Crippen molar-refractivity contribution < 1.29 is 27.4 Å². The number of carbonyl (C=O) groups is 1. The van der Waals surface area contributed by atoms with Gasteiger partial charge in [0, 0.05) is 11.8 Å². The molecule has 2 rings (SSSR count). The van der Waals surface area contributed by atoms with E-state index >= 15 is 0 Å². The molecule has 1 fully saturated rings. The number of hydrogen-bond donors (Lipinski definition) is 1. The van der Waals surface area contributed by atoms with Gasteiger partial charge in [0.2, 0.25) is 0 Å². The molecule has 0 spiro atoms. The van der Waals surface area contributed by atoms with Crippen molar-refractivity contribution in [2.24, 2.45) is 0 Å². The van der Waals surface area contributed by atoms with E-state index in [9.17, 15) is 22.7 Å². The molecule has 0 aromatic heterocycles. The minimum Gasteiger partial charge on any atom is -0.493 e. The molecule has 1 aliphatic rings. The Kier molecular flexibility index (Phi) is 4.47. The zero-order valence-corrected chi connectivity index (χ0v) is 13.4. The normalized spacial score (nSPS) is 18.0. The van der Waals surface area contributed by atoms with Gasteiger partial charge in [-0.2, -0.15) is 0 Å². The topological polar surface area (TPSA) is 80.7 Å². The van der Waals surface area contributed by atoms with E-state index in [0.29, 0.717) is 12.8 Å². The van der Waals surface area contributed by atoms with Gasteiger partial charge < -0.3 is 9.84 Å². The third-order valence-corrected chi connectivity index (χ3v) is 5.41. The molecule has 0 aliphatic heterocycles. The van der Waals surface area contributed by atoms with Crippen molar-refractivity contribution in [3.8, 4) is 5.75 Å². The Balaban J connectivity index is 2.69. The molecular formula is C15H19FO5S. The van der Waals surface area contributed by atoms with E-state index in [-0.39, 0.29) is 11.3 Å². The van der Waals surface area contributed by atoms with E-state index in [1.807, 2.05) is 0 Å². The van der Waals surface area contributed by atoms with Crippen LogP contribution in [0.5, 0.6) is 5.75 Å². The van der Waals surface area contributed by atoms with Crippen LogP contribution in [-0.2, 0) is 20.0 Å². The lowest BCUT2D eigenvalue weighted by molar-refractivity contribution is -0.145. The summed E-state index contributed by atoms with van der Waals surface area (Å²) in [6, 6.07) is 2.50. The first-order chi connectivity index (χ1) is 10.2. The van der Waals surface area contributed by atoms with E-state index in [0.717, 1.165) is 31.6 Å². The first-order valence-corrected chi connectivity index (χ1v) is 8.93. The third-order valence-electron chi connectivity index (χ3n) is 4.30. The summed E-state index contributed by atoms with van der Waals surface area (Å²) in [5.74, 6) is -2.34. The van der Waals surface area contributed by atoms with Gasteiger partial charge in [-0.25, -0.2) is 12.8 Å². The lowest BCUT2D eigenvalue weighted by atomic mass is 9.69. The average Bonchev–Trinajstić information content (AvgIpc) is 2.46. The smallest absolute Gasteiger partial charge is 0.314 e. The maximum Gasteiger partial charge on any atom is 0.314 e. The van der Waals surface area contributed by atoms with Gasteiger partial charge in [-0.05, 0) is 18.9 Å². The van der Waals surface area contributed by atoms with Crippen molar-refractivity contribution in [3.05, 3.63) is 23.5 Å². The first-order valence-electron chi connectivity index (χ1n) is 7.04. The summed E-state index contributed by atoms with van der Waals surface area (Å²) >= 11 is 0. The van der Waals surface area contributed by atoms with Crippen LogP contribution in [0, 0.1) is 5.82 Å². The van der Waals surface area contributed by atoms with Gasteiger partial charge in [0.05, 0.1) is 12.5 Å². The van der Waals surface area contributed by atoms with Crippen LogP contribution in [0.15, 0.2) is 17.0 Å². The number of benzene rings is 1. The fraction of sp³-hybridized carbons (Fsp3) is 0.533. The highest BCUT2D eigenvalue weighted by atomic mass is 32.2. The Hall–Kier alpha value is -1.63. The van der Waals surface area contributed by atoms with Crippen LogP contribution in [0.3, 0.4) is 0 Å². The van der Waals surface area contributed by atoms with Crippen LogP contribution in [-0.4, -0.2) is 32.9 Å². The summed E-state index contributed by atoms with van der Waals surface area (Å²) in [4.78, 5) is 11.4. The van der Waals surface area contributed by atoms with Gasteiger partial charge in [0.25, 0.3) is 0 Å². The van der Waals surface area contributed by atoms with Crippen molar-refractivity contribution in [2.75, 3.05) is 13.4 Å². The summed E-state index contributed by atoms with van der Waals surface area (Å²) in [6.45, 7) is 0. The molecular weight excluding hydrogens is 311 g/mol. The zero-order valence-electron chi connectivity index (χ0n) is 12.6. The molecule has 1 N–H and O–H groups in total. The fourth-order valence-corrected chi connectivity index (χ4v) is 3.89. The molecule has 0 heterocycles.